The molecule has 0 aromatic heterocycles. The second-order valence-electron chi connectivity index (χ2n) is 27.8. The molecule has 0 aromatic carbocycles. The highest BCUT2D eigenvalue weighted by Gasteiger charge is 2.30. The van der Waals surface area contributed by atoms with Crippen LogP contribution >= 0.6 is 15.6 Å². The fourth-order valence-corrected chi connectivity index (χ4v) is 12.7. The van der Waals surface area contributed by atoms with Crippen molar-refractivity contribution < 1.29 is 80.2 Å². The molecule has 0 spiro atoms. The molecule has 0 rings (SSSR count). The van der Waals surface area contributed by atoms with Crippen molar-refractivity contribution in [2.75, 3.05) is 39.6 Å². The molecule has 0 aromatic rings. The second kappa shape index (κ2) is 63.8. The number of phosphoric acid groups is 2. The zero-order chi connectivity index (χ0) is 68.0. The van der Waals surface area contributed by atoms with E-state index < -0.39 is 97.5 Å². The van der Waals surface area contributed by atoms with E-state index in [1.807, 2.05) is 0 Å². The normalized spacial score (nSPS) is 14.1. The van der Waals surface area contributed by atoms with Crippen molar-refractivity contribution in [3.63, 3.8) is 0 Å². The van der Waals surface area contributed by atoms with E-state index in [4.69, 9.17) is 37.0 Å². The molecule has 17 nitrogen and oxygen atoms in total. The lowest BCUT2D eigenvalue weighted by Crippen LogP contribution is -2.30. The molecule has 0 heterocycles. The molecule has 2 unspecified atom stereocenters. The zero-order valence-corrected chi connectivity index (χ0v) is 61.8. The molecule has 0 aliphatic heterocycles. The molecule has 546 valence electrons. The molecule has 0 saturated carbocycles. The quantitative estimate of drug-likeness (QED) is 0.0222. The van der Waals surface area contributed by atoms with Crippen LogP contribution in [-0.4, -0.2) is 96.7 Å². The highest BCUT2D eigenvalue weighted by Crippen LogP contribution is 2.45. The molecular weight excluding hydrogens is 1210 g/mol. The van der Waals surface area contributed by atoms with Crippen LogP contribution in [0.4, 0.5) is 0 Å². The van der Waals surface area contributed by atoms with Gasteiger partial charge in [-0.3, -0.25) is 37.3 Å². The van der Waals surface area contributed by atoms with Gasteiger partial charge in [0.25, 0.3) is 0 Å². The van der Waals surface area contributed by atoms with Crippen LogP contribution in [0, 0.1) is 17.8 Å². The highest BCUT2D eigenvalue weighted by molar-refractivity contribution is 7.47. The molecule has 0 saturated heterocycles. The summed E-state index contributed by atoms with van der Waals surface area (Å²) in [7, 11) is -9.90. The molecule has 19 heteroatoms. The first-order chi connectivity index (χ1) is 44.2. The second-order valence-corrected chi connectivity index (χ2v) is 30.7. The zero-order valence-electron chi connectivity index (χ0n) is 60.0. The summed E-state index contributed by atoms with van der Waals surface area (Å²) in [5, 5.41) is 10.6. The van der Waals surface area contributed by atoms with Crippen LogP contribution in [0.15, 0.2) is 0 Å². The largest absolute Gasteiger partial charge is 0.472 e. The van der Waals surface area contributed by atoms with Gasteiger partial charge in [-0.05, 0) is 43.4 Å². The summed E-state index contributed by atoms with van der Waals surface area (Å²) < 4.78 is 68.3. The minimum absolute atomic E-state index is 0.105. The Morgan fingerprint density at radius 1 is 0.293 bits per heavy atom. The van der Waals surface area contributed by atoms with Gasteiger partial charge in [-0.15, -0.1) is 0 Å². The number of rotatable bonds is 71. The Labute approximate surface area is 562 Å². The van der Waals surface area contributed by atoms with E-state index >= 15 is 0 Å². The number of aliphatic hydroxyl groups is 1. The van der Waals surface area contributed by atoms with Gasteiger partial charge < -0.3 is 33.8 Å². The smallest absolute Gasteiger partial charge is 0.462 e. The van der Waals surface area contributed by atoms with Crippen LogP contribution in [0.3, 0.4) is 0 Å². The van der Waals surface area contributed by atoms with Crippen molar-refractivity contribution >= 4 is 39.5 Å². The maximum absolute atomic E-state index is 13.0. The maximum Gasteiger partial charge on any atom is 0.472 e. The van der Waals surface area contributed by atoms with E-state index in [1.165, 1.54) is 167 Å². The van der Waals surface area contributed by atoms with Crippen molar-refractivity contribution in [1.82, 2.24) is 0 Å². The number of hydrogen-bond donors (Lipinski definition) is 3. The molecule has 0 bridgehead atoms. The lowest BCUT2D eigenvalue weighted by molar-refractivity contribution is -0.161. The molecule has 0 aliphatic rings. The van der Waals surface area contributed by atoms with Crippen molar-refractivity contribution in [1.29, 1.82) is 0 Å². The van der Waals surface area contributed by atoms with Crippen molar-refractivity contribution in [3.05, 3.63) is 0 Å². The monoisotopic (exact) mass is 1350 g/mol. The van der Waals surface area contributed by atoms with Gasteiger partial charge in [-0.1, -0.05) is 318 Å². The molecule has 0 radical (unpaired) electrons. The third-order valence-electron chi connectivity index (χ3n) is 16.9. The summed E-state index contributed by atoms with van der Waals surface area (Å²) in [5.74, 6) is 0.194. The van der Waals surface area contributed by atoms with E-state index in [1.54, 1.807) is 0 Å². The Kier molecular flexibility index (Phi) is 62.4. The average Bonchev–Trinajstić information content (AvgIpc) is 2.00. The predicted molar refractivity (Wildman–Crippen MR) is 372 cm³/mol. The van der Waals surface area contributed by atoms with E-state index in [0.29, 0.717) is 25.7 Å². The number of carbonyl (C=O) groups excluding carboxylic acids is 4. The number of unbranched alkanes of at least 4 members (excludes halogenated alkanes) is 39. The standard InChI is InChI=1S/C73H142O17P2/c1-8-9-10-11-30-40-47-54-70(75)83-60-68(89-73(78)57-50-43-36-29-23-21-26-33-39-46-53-66(6)7)62-87-91(79,80)85-58-67(74)59-86-92(81,82)88-63-69(61-84-71(76)55-48-41-34-27-22-20-25-32-38-45-52-65(4)5)90-72(77)56-49-42-35-28-19-17-15-13-12-14-16-18-24-31-37-44-51-64(2)3/h64-69,74H,8-63H2,1-7H3,(H,79,80)(H,81,82)/t67-,68+,69+/m0/s1. The lowest BCUT2D eigenvalue weighted by Gasteiger charge is -2.21. The molecule has 3 N–H and O–H groups in total. The number of carbonyl (C=O) groups is 4. The van der Waals surface area contributed by atoms with Crippen LogP contribution in [0.1, 0.15) is 370 Å². The van der Waals surface area contributed by atoms with Crippen molar-refractivity contribution in [2.24, 2.45) is 17.8 Å². The van der Waals surface area contributed by atoms with Crippen LogP contribution in [-0.2, 0) is 65.4 Å². The van der Waals surface area contributed by atoms with Gasteiger partial charge in [-0.2, -0.15) is 0 Å². The van der Waals surface area contributed by atoms with Gasteiger partial charge in [0, 0.05) is 25.7 Å². The fourth-order valence-electron chi connectivity index (χ4n) is 11.1. The van der Waals surface area contributed by atoms with E-state index in [0.717, 1.165) is 120 Å². The number of esters is 4. The van der Waals surface area contributed by atoms with Crippen molar-refractivity contribution in [3.8, 4) is 0 Å². The minimum atomic E-state index is -4.95. The Morgan fingerprint density at radius 3 is 0.739 bits per heavy atom. The molecule has 92 heavy (non-hydrogen) atoms. The number of ether oxygens (including phenoxy) is 4. The van der Waals surface area contributed by atoms with Gasteiger partial charge in [0.2, 0.25) is 0 Å². The Morgan fingerprint density at radius 2 is 0.500 bits per heavy atom. The van der Waals surface area contributed by atoms with Gasteiger partial charge >= 0.3 is 39.5 Å². The van der Waals surface area contributed by atoms with E-state index in [9.17, 15) is 43.2 Å². The predicted octanol–water partition coefficient (Wildman–Crippen LogP) is 21.0. The van der Waals surface area contributed by atoms with Crippen LogP contribution in [0.25, 0.3) is 0 Å². The third kappa shape index (κ3) is 66.7. The summed E-state index contributed by atoms with van der Waals surface area (Å²) in [4.78, 5) is 72.5. The molecular formula is C73H142O17P2. The van der Waals surface area contributed by atoms with Crippen LogP contribution in [0.5, 0.6) is 0 Å². The summed E-state index contributed by atoms with van der Waals surface area (Å²) in [5.41, 5.74) is 0. The Balaban J connectivity index is 5.19. The first-order valence-corrected chi connectivity index (χ1v) is 40.8. The molecule has 0 amide bonds. The molecule has 0 fully saturated rings. The van der Waals surface area contributed by atoms with Gasteiger partial charge in [0.1, 0.15) is 19.3 Å². The number of phosphoric ester groups is 2. The minimum Gasteiger partial charge on any atom is -0.462 e. The SMILES string of the molecule is CCCCCCCCCC(=O)OC[C@H](COP(=O)(O)OC[C@H](O)COP(=O)(O)OC[C@@H](COC(=O)CCCCCCCCCCCCC(C)C)OC(=O)CCCCCCCCCCCCCCCCCCC(C)C)OC(=O)CCCCCCCCCCCCC(C)C. The van der Waals surface area contributed by atoms with Crippen LogP contribution in [0.2, 0.25) is 0 Å². The Bertz CT molecular complexity index is 1800. The summed E-state index contributed by atoms with van der Waals surface area (Å²) in [6.07, 6.45) is 48.7. The first-order valence-electron chi connectivity index (χ1n) is 37.8. The fraction of sp³-hybridized carbons (Fsp3) is 0.945. The summed E-state index contributed by atoms with van der Waals surface area (Å²) >= 11 is 0. The van der Waals surface area contributed by atoms with Gasteiger partial charge in [0.05, 0.1) is 26.4 Å². The lowest BCUT2D eigenvalue weighted by atomic mass is 10.0. The third-order valence-corrected chi connectivity index (χ3v) is 18.8. The summed E-state index contributed by atoms with van der Waals surface area (Å²) in [6, 6.07) is 0. The summed E-state index contributed by atoms with van der Waals surface area (Å²) in [6.45, 7) is 11.8. The van der Waals surface area contributed by atoms with E-state index in [-0.39, 0.29) is 25.7 Å². The number of aliphatic hydroxyl groups excluding tert-OH is 1. The maximum atomic E-state index is 13.0. The van der Waals surface area contributed by atoms with E-state index in [2.05, 4.69) is 48.5 Å². The van der Waals surface area contributed by atoms with Gasteiger partial charge in [-0.25, -0.2) is 9.13 Å². The Hall–Kier alpha value is -1.94. The van der Waals surface area contributed by atoms with Gasteiger partial charge in [0.15, 0.2) is 12.2 Å². The number of hydrogen-bond acceptors (Lipinski definition) is 15. The highest BCUT2D eigenvalue weighted by atomic mass is 31.2. The molecule has 0 aliphatic carbocycles. The first kappa shape index (κ1) is 90.1. The average molecular weight is 1350 g/mol. The van der Waals surface area contributed by atoms with Crippen molar-refractivity contribution in [2.45, 2.75) is 388 Å². The van der Waals surface area contributed by atoms with Crippen LogP contribution < -0.4 is 0 Å². The topological polar surface area (TPSA) is 237 Å². The molecule has 5 atom stereocenters.